The third-order valence-electron chi connectivity index (χ3n) is 3.26. The van der Waals surface area contributed by atoms with Crippen molar-refractivity contribution in [2.45, 2.75) is 45.1 Å². The van der Waals surface area contributed by atoms with Gasteiger partial charge in [0, 0.05) is 12.4 Å². The van der Waals surface area contributed by atoms with Crippen LogP contribution in [0.25, 0.3) is 0 Å². The van der Waals surface area contributed by atoms with Crippen molar-refractivity contribution in [3.63, 3.8) is 0 Å². The lowest BCUT2D eigenvalue weighted by atomic mass is 9.83. The normalized spacial score (nSPS) is 29.0. The Bertz CT molecular complexity index is 241. The predicted molar refractivity (Wildman–Crippen MR) is 53.5 cm³/mol. The van der Waals surface area contributed by atoms with Gasteiger partial charge in [-0.1, -0.05) is 26.2 Å². The molecular weight excluding hydrogens is 160 g/mol. The minimum Gasteiger partial charge on any atom is -0.269 e. The lowest BCUT2D eigenvalue weighted by Gasteiger charge is -2.30. The zero-order chi connectivity index (χ0) is 9.10. The molecule has 1 aromatic rings. The Kier molecular flexibility index (Phi) is 2.67. The molecule has 2 nitrogen and oxygen atoms in total. The van der Waals surface area contributed by atoms with E-state index in [1.54, 1.807) is 0 Å². The molecule has 2 heteroatoms. The van der Waals surface area contributed by atoms with Crippen LogP contribution in [0.5, 0.6) is 0 Å². The van der Waals surface area contributed by atoms with E-state index >= 15 is 0 Å². The molecular formula is C11H18N2. The van der Waals surface area contributed by atoms with Crippen LogP contribution in [0, 0.1) is 5.92 Å². The Hall–Kier alpha value is -0.790. The summed E-state index contributed by atoms with van der Waals surface area (Å²) in [4.78, 5) is 0. The van der Waals surface area contributed by atoms with E-state index in [9.17, 15) is 0 Å². The largest absolute Gasteiger partial charge is 0.269 e. The summed E-state index contributed by atoms with van der Waals surface area (Å²) in [5.74, 6) is 0.855. The summed E-state index contributed by atoms with van der Waals surface area (Å²) < 4.78 is 2.16. The monoisotopic (exact) mass is 178 g/mol. The fraction of sp³-hybridized carbons (Fsp3) is 0.727. The molecule has 0 spiro atoms. The Morgan fingerprint density at radius 3 is 2.92 bits per heavy atom. The number of hydrogen-bond acceptors (Lipinski definition) is 1. The molecule has 0 saturated heterocycles. The molecule has 0 aromatic carbocycles. The summed E-state index contributed by atoms with van der Waals surface area (Å²) in [6.07, 6.45) is 10.8. The van der Waals surface area contributed by atoms with Crippen LogP contribution in [0.2, 0.25) is 0 Å². The van der Waals surface area contributed by atoms with Crippen LogP contribution in [-0.4, -0.2) is 9.78 Å². The van der Waals surface area contributed by atoms with Crippen molar-refractivity contribution < 1.29 is 0 Å². The molecule has 0 bridgehead atoms. The molecule has 1 aliphatic carbocycles. The van der Waals surface area contributed by atoms with E-state index in [1.807, 2.05) is 12.3 Å². The Labute approximate surface area is 80.0 Å². The van der Waals surface area contributed by atoms with Gasteiger partial charge in [0.25, 0.3) is 0 Å². The smallest absolute Gasteiger partial charge is 0.0547 e. The van der Waals surface area contributed by atoms with E-state index in [2.05, 4.69) is 22.9 Å². The number of nitrogens with zero attached hydrogens (tertiary/aromatic N) is 2. The van der Waals surface area contributed by atoms with Crippen LogP contribution in [0.1, 0.15) is 45.1 Å². The second-order valence-electron chi connectivity index (χ2n) is 4.01. The van der Waals surface area contributed by atoms with Gasteiger partial charge in [0.1, 0.15) is 0 Å². The highest BCUT2D eigenvalue weighted by molar-refractivity contribution is 4.85. The predicted octanol–water partition coefficient (Wildman–Crippen LogP) is 3.02. The summed E-state index contributed by atoms with van der Waals surface area (Å²) >= 11 is 0. The van der Waals surface area contributed by atoms with Gasteiger partial charge in [-0.05, 0) is 24.8 Å². The highest BCUT2D eigenvalue weighted by Gasteiger charge is 2.24. The van der Waals surface area contributed by atoms with Gasteiger partial charge in [0.15, 0.2) is 0 Å². The standard InChI is InChI=1S/C11H18N2/c1-2-10-6-3-4-7-11(10)13-9-5-8-12-13/h5,8-11H,2-4,6-7H2,1H3. The van der Waals surface area contributed by atoms with E-state index in [0.717, 1.165) is 5.92 Å². The van der Waals surface area contributed by atoms with Gasteiger partial charge in [-0.15, -0.1) is 0 Å². The minimum absolute atomic E-state index is 0.675. The second kappa shape index (κ2) is 3.95. The summed E-state index contributed by atoms with van der Waals surface area (Å²) in [5, 5.41) is 4.35. The maximum Gasteiger partial charge on any atom is 0.0547 e. The Balaban J connectivity index is 2.11. The minimum atomic E-state index is 0.675. The summed E-state index contributed by atoms with van der Waals surface area (Å²) in [5.41, 5.74) is 0. The fourth-order valence-electron chi connectivity index (χ4n) is 2.49. The Morgan fingerprint density at radius 1 is 1.38 bits per heavy atom. The van der Waals surface area contributed by atoms with Gasteiger partial charge >= 0.3 is 0 Å². The van der Waals surface area contributed by atoms with Crippen molar-refractivity contribution in [1.82, 2.24) is 9.78 Å². The topological polar surface area (TPSA) is 17.8 Å². The zero-order valence-corrected chi connectivity index (χ0v) is 8.32. The molecule has 1 aliphatic rings. The van der Waals surface area contributed by atoms with Crippen LogP contribution < -0.4 is 0 Å². The fourth-order valence-corrected chi connectivity index (χ4v) is 2.49. The number of aromatic nitrogens is 2. The molecule has 1 aromatic heterocycles. The van der Waals surface area contributed by atoms with Gasteiger partial charge in [-0.3, -0.25) is 4.68 Å². The highest BCUT2D eigenvalue weighted by Crippen LogP contribution is 2.35. The summed E-state index contributed by atoms with van der Waals surface area (Å²) in [6.45, 7) is 2.30. The quantitative estimate of drug-likeness (QED) is 0.680. The molecule has 0 radical (unpaired) electrons. The van der Waals surface area contributed by atoms with Gasteiger partial charge < -0.3 is 0 Å². The first-order chi connectivity index (χ1) is 6.42. The Morgan fingerprint density at radius 2 is 2.23 bits per heavy atom. The van der Waals surface area contributed by atoms with Gasteiger partial charge in [-0.25, -0.2) is 0 Å². The first-order valence-electron chi connectivity index (χ1n) is 5.41. The third-order valence-corrected chi connectivity index (χ3v) is 3.26. The molecule has 1 saturated carbocycles. The summed E-state index contributed by atoms with van der Waals surface area (Å²) in [6, 6.07) is 2.70. The maximum absolute atomic E-state index is 4.35. The van der Waals surface area contributed by atoms with Crippen molar-refractivity contribution in [3.8, 4) is 0 Å². The molecule has 0 aliphatic heterocycles. The van der Waals surface area contributed by atoms with Gasteiger partial charge in [0.05, 0.1) is 6.04 Å². The zero-order valence-electron chi connectivity index (χ0n) is 8.32. The van der Waals surface area contributed by atoms with E-state index in [4.69, 9.17) is 0 Å². The van der Waals surface area contributed by atoms with Crippen LogP contribution in [-0.2, 0) is 0 Å². The molecule has 1 heterocycles. The molecule has 2 unspecified atom stereocenters. The highest BCUT2D eigenvalue weighted by atomic mass is 15.3. The molecule has 0 amide bonds. The molecule has 1 fully saturated rings. The van der Waals surface area contributed by atoms with Crippen molar-refractivity contribution in [2.24, 2.45) is 5.92 Å². The van der Waals surface area contributed by atoms with Crippen molar-refractivity contribution in [1.29, 1.82) is 0 Å². The average Bonchev–Trinajstić information content (AvgIpc) is 2.70. The van der Waals surface area contributed by atoms with E-state index in [-0.39, 0.29) is 0 Å². The number of hydrogen-bond donors (Lipinski definition) is 0. The van der Waals surface area contributed by atoms with Crippen LogP contribution >= 0.6 is 0 Å². The number of rotatable bonds is 2. The van der Waals surface area contributed by atoms with E-state index in [0.29, 0.717) is 6.04 Å². The SMILES string of the molecule is CCC1CCCCC1n1cccn1. The molecule has 13 heavy (non-hydrogen) atoms. The molecule has 72 valence electrons. The molecule has 0 N–H and O–H groups in total. The van der Waals surface area contributed by atoms with Crippen molar-refractivity contribution >= 4 is 0 Å². The second-order valence-corrected chi connectivity index (χ2v) is 4.01. The van der Waals surface area contributed by atoms with E-state index < -0.39 is 0 Å². The molecule has 2 rings (SSSR count). The average molecular weight is 178 g/mol. The van der Waals surface area contributed by atoms with Gasteiger partial charge in [0.2, 0.25) is 0 Å². The van der Waals surface area contributed by atoms with Crippen LogP contribution in [0.3, 0.4) is 0 Å². The third kappa shape index (κ3) is 1.77. The molecule has 2 atom stereocenters. The lowest BCUT2D eigenvalue weighted by molar-refractivity contribution is 0.217. The summed E-state index contributed by atoms with van der Waals surface area (Å²) in [7, 11) is 0. The lowest BCUT2D eigenvalue weighted by Crippen LogP contribution is -2.23. The van der Waals surface area contributed by atoms with Crippen LogP contribution in [0.4, 0.5) is 0 Å². The first-order valence-corrected chi connectivity index (χ1v) is 5.41. The first kappa shape index (κ1) is 8.79. The van der Waals surface area contributed by atoms with Gasteiger partial charge in [-0.2, -0.15) is 5.10 Å². The van der Waals surface area contributed by atoms with Crippen molar-refractivity contribution in [3.05, 3.63) is 18.5 Å². The van der Waals surface area contributed by atoms with E-state index in [1.165, 1.54) is 32.1 Å². The van der Waals surface area contributed by atoms with Crippen molar-refractivity contribution in [2.75, 3.05) is 0 Å². The maximum atomic E-state index is 4.35. The van der Waals surface area contributed by atoms with Crippen LogP contribution in [0.15, 0.2) is 18.5 Å².